The summed E-state index contributed by atoms with van der Waals surface area (Å²) in [4.78, 5) is 12.8. The monoisotopic (exact) mass is 434 g/mol. The zero-order valence-corrected chi connectivity index (χ0v) is 16.9. The maximum absolute atomic E-state index is 12.8. The van der Waals surface area contributed by atoms with E-state index in [0.29, 0.717) is 42.7 Å². The van der Waals surface area contributed by atoms with Gasteiger partial charge in [0.2, 0.25) is 0 Å². The molecule has 0 fully saturated rings. The highest BCUT2D eigenvalue weighted by molar-refractivity contribution is 7.80. The number of hydrogen-bond acceptors (Lipinski definition) is 2. The number of hydrogen-bond donors (Lipinski definition) is 2. The molecular weight excluding hydrogens is 423 g/mol. The summed E-state index contributed by atoms with van der Waals surface area (Å²) < 4.78 is 0. The molecule has 0 aliphatic carbocycles. The first-order valence-electron chi connectivity index (χ1n) is 7.86. The lowest BCUT2D eigenvalue weighted by Gasteiger charge is -2.14. The van der Waals surface area contributed by atoms with Gasteiger partial charge in [0.05, 0.1) is 15.7 Å². The van der Waals surface area contributed by atoms with Gasteiger partial charge in [0, 0.05) is 21.8 Å². The maximum atomic E-state index is 12.8. The van der Waals surface area contributed by atoms with Crippen LogP contribution in [-0.2, 0) is 0 Å². The van der Waals surface area contributed by atoms with Crippen molar-refractivity contribution in [2.45, 2.75) is 0 Å². The zero-order chi connectivity index (χ0) is 19.4. The van der Waals surface area contributed by atoms with E-state index in [1.54, 1.807) is 60.7 Å². The van der Waals surface area contributed by atoms with Gasteiger partial charge < -0.3 is 10.6 Å². The van der Waals surface area contributed by atoms with E-state index in [4.69, 9.17) is 47.0 Å². The Morgan fingerprint density at radius 1 is 0.815 bits per heavy atom. The SMILES string of the molecule is O=C(c1ccccc1)c1cc(Cl)ccc1NC(=S)Nc1ccc(Cl)c(Cl)c1. The number of halogens is 3. The van der Waals surface area contributed by atoms with E-state index in [-0.39, 0.29) is 5.78 Å². The largest absolute Gasteiger partial charge is 0.332 e. The molecular formula is C20H13Cl3N2OS. The van der Waals surface area contributed by atoms with E-state index in [1.807, 2.05) is 6.07 Å². The lowest BCUT2D eigenvalue weighted by molar-refractivity contribution is 0.103. The fourth-order valence-electron chi connectivity index (χ4n) is 2.42. The molecule has 0 radical (unpaired) electrons. The minimum Gasteiger partial charge on any atom is -0.332 e. The van der Waals surface area contributed by atoms with Crippen LogP contribution in [0, 0.1) is 0 Å². The number of ketones is 1. The summed E-state index contributed by atoms with van der Waals surface area (Å²) in [7, 11) is 0. The summed E-state index contributed by atoms with van der Waals surface area (Å²) in [5, 5.41) is 7.68. The van der Waals surface area contributed by atoms with Gasteiger partial charge in [-0.25, -0.2) is 0 Å². The van der Waals surface area contributed by atoms with Gasteiger partial charge in [-0.05, 0) is 48.6 Å². The summed E-state index contributed by atoms with van der Waals surface area (Å²) in [5.74, 6) is -0.155. The van der Waals surface area contributed by atoms with E-state index >= 15 is 0 Å². The number of carbonyl (C=O) groups excluding carboxylic acids is 1. The van der Waals surface area contributed by atoms with Gasteiger partial charge in [0.25, 0.3) is 0 Å². The molecule has 2 N–H and O–H groups in total. The Hall–Kier alpha value is -2.11. The van der Waals surface area contributed by atoms with Crippen molar-refractivity contribution in [1.29, 1.82) is 0 Å². The molecule has 0 heterocycles. The predicted octanol–water partition coefficient (Wildman–Crippen LogP) is 6.69. The highest BCUT2D eigenvalue weighted by atomic mass is 35.5. The van der Waals surface area contributed by atoms with Crippen LogP contribution in [0.5, 0.6) is 0 Å². The maximum Gasteiger partial charge on any atom is 0.195 e. The molecule has 3 nitrogen and oxygen atoms in total. The molecule has 0 bridgehead atoms. The standard InChI is InChI=1S/C20H13Cl3N2OS/c21-13-6-9-18(15(10-13)19(26)12-4-2-1-3-5-12)25-20(27)24-14-7-8-16(22)17(23)11-14/h1-11H,(H2,24,25,27). The Morgan fingerprint density at radius 3 is 2.26 bits per heavy atom. The number of rotatable bonds is 4. The number of carbonyl (C=O) groups is 1. The van der Waals surface area contributed by atoms with Crippen LogP contribution in [0.2, 0.25) is 15.1 Å². The molecule has 0 saturated heterocycles. The molecule has 0 aliphatic heterocycles. The van der Waals surface area contributed by atoms with Gasteiger partial charge in [-0.2, -0.15) is 0 Å². The topological polar surface area (TPSA) is 41.1 Å². The van der Waals surface area contributed by atoms with Gasteiger partial charge in [-0.15, -0.1) is 0 Å². The Balaban J connectivity index is 1.83. The van der Waals surface area contributed by atoms with Crippen molar-refractivity contribution in [3.05, 3.63) is 92.9 Å². The third kappa shape index (κ3) is 4.99. The lowest BCUT2D eigenvalue weighted by atomic mass is 10.0. The molecule has 0 saturated carbocycles. The van der Waals surface area contributed by atoms with Crippen LogP contribution in [0.3, 0.4) is 0 Å². The van der Waals surface area contributed by atoms with Gasteiger partial charge in [-0.3, -0.25) is 4.79 Å². The Morgan fingerprint density at radius 2 is 1.56 bits per heavy atom. The summed E-state index contributed by atoms with van der Waals surface area (Å²) >= 11 is 23.4. The van der Waals surface area contributed by atoms with Crippen molar-refractivity contribution in [3.8, 4) is 0 Å². The van der Waals surface area contributed by atoms with Crippen LogP contribution in [0.4, 0.5) is 11.4 Å². The number of anilines is 2. The second-order valence-corrected chi connectivity index (χ2v) is 7.25. The Bertz CT molecular complexity index is 1010. The molecule has 0 aromatic heterocycles. The quantitative estimate of drug-likeness (QED) is 0.354. The van der Waals surface area contributed by atoms with Gasteiger partial charge in [-0.1, -0.05) is 65.1 Å². The van der Waals surface area contributed by atoms with Crippen molar-refractivity contribution >= 4 is 69.3 Å². The molecule has 0 amide bonds. The molecule has 136 valence electrons. The highest BCUT2D eigenvalue weighted by Gasteiger charge is 2.15. The molecule has 3 rings (SSSR count). The number of benzene rings is 3. The van der Waals surface area contributed by atoms with Crippen LogP contribution < -0.4 is 10.6 Å². The fourth-order valence-corrected chi connectivity index (χ4v) is 3.11. The van der Waals surface area contributed by atoms with Gasteiger partial charge in [0.1, 0.15) is 0 Å². The third-order valence-electron chi connectivity index (χ3n) is 3.69. The van der Waals surface area contributed by atoms with E-state index in [2.05, 4.69) is 10.6 Å². The molecule has 0 atom stereocenters. The third-order valence-corrected chi connectivity index (χ3v) is 4.87. The predicted molar refractivity (Wildman–Crippen MR) is 118 cm³/mol. The summed E-state index contributed by atoms with van der Waals surface area (Å²) in [6.07, 6.45) is 0. The van der Waals surface area contributed by atoms with Crippen LogP contribution in [0.1, 0.15) is 15.9 Å². The molecule has 3 aromatic rings. The normalized spacial score (nSPS) is 10.3. The molecule has 0 unspecified atom stereocenters. The lowest BCUT2D eigenvalue weighted by Crippen LogP contribution is -2.20. The van der Waals surface area contributed by atoms with Crippen molar-refractivity contribution in [2.75, 3.05) is 10.6 Å². The van der Waals surface area contributed by atoms with Crippen molar-refractivity contribution in [1.82, 2.24) is 0 Å². The van der Waals surface area contributed by atoms with Crippen LogP contribution in [0.15, 0.2) is 66.7 Å². The summed E-state index contributed by atoms with van der Waals surface area (Å²) in [5.41, 5.74) is 2.20. The first-order chi connectivity index (χ1) is 12.9. The van der Waals surface area contributed by atoms with Crippen LogP contribution >= 0.6 is 47.0 Å². The molecule has 27 heavy (non-hydrogen) atoms. The summed E-state index contributed by atoms with van der Waals surface area (Å²) in [6.45, 7) is 0. The first kappa shape index (κ1) is 19.6. The van der Waals surface area contributed by atoms with E-state index < -0.39 is 0 Å². The minimum atomic E-state index is -0.155. The number of nitrogens with one attached hydrogen (secondary N) is 2. The Kier molecular flexibility index (Phi) is 6.34. The van der Waals surface area contributed by atoms with Gasteiger partial charge in [0.15, 0.2) is 10.9 Å². The van der Waals surface area contributed by atoms with Crippen molar-refractivity contribution in [2.24, 2.45) is 0 Å². The van der Waals surface area contributed by atoms with E-state index in [1.165, 1.54) is 0 Å². The van der Waals surface area contributed by atoms with E-state index in [9.17, 15) is 4.79 Å². The average Bonchev–Trinajstić information content (AvgIpc) is 2.66. The molecule has 0 aliphatic rings. The van der Waals surface area contributed by atoms with Crippen molar-refractivity contribution in [3.63, 3.8) is 0 Å². The summed E-state index contributed by atoms with van der Waals surface area (Å²) in [6, 6.07) is 19.1. The second-order valence-electron chi connectivity index (χ2n) is 5.59. The molecule has 3 aromatic carbocycles. The molecule has 7 heteroatoms. The van der Waals surface area contributed by atoms with Crippen molar-refractivity contribution < 1.29 is 4.79 Å². The number of thiocarbonyl (C=S) groups is 1. The average molecular weight is 436 g/mol. The van der Waals surface area contributed by atoms with E-state index in [0.717, 1.165) is 0 Å². The molecule has 0 spiro atoms. The zero-order valence-electron chi connectivity index (χ0n) is 13.8. The fraction of sp³-hybridized carbons (Fsp3) is 0. The van der Waals surface area contributed by atoms with Crippen LogP contribution in [0.25, 0.3) is 0 Å². The first-order valence-corrected chi connectivity index (χ1v) is 9.40. The Labute approximate surface area is 177 Å². The second kappa shape index (κ2) is 8.72. The van der Waals surface area contributed by atoms with Crippen LogP contribution in [-0.4, -0.2) is 10.9 Å². The highest BCUT2D eigenvalue weighted by Crippen LogP contribution is 2.26. The smallest absolute Gasteiger partial charge is 0.195 e. The van der Waals surface area contributed by atoms with Gasteiger partial charge >= 0.3 is 0 Å². The minimum absolute atomic E-state index is 0.155.